The van der Waals surface area contributed by atoms with Gasteiger partial charge in [0, 0.05) is 24.6 Å². The third-order valence-corrected chi connectivity index (χ3v) is 6.58. The molecule has 2 aromatic carbocycles. The molecule has 0 amide bonds. The molecule has 3 heterocycles. The van der Waals surface area contributed by atoms with Gasteiger partial charge in [0.25, 0.3) is 0 Å². The predicted octanol–water partition coefficient (Wildman–Crippen LogP) is 5.86. The van der Waals surface area contributed by atoms with E-state index in [0.717, 1.165) is 41.4 Å². The molecule has 1 unspecified atom stereocenters. The number of carboxylic acid groups (broad SMARTS) is 1. The monoisotopic (exact) mass is 503 g/mol. The van der Waals surface area contributed by atoms with Crippen molar-refractivity contribution in [2.75, 3.05) is 13.2 Å². The van der Waals surface area contributed by atoms with Crippen LogP contribution >= 0.6 is 11.3 Å². The molecule has 1 atom stereocenters. The zero-order valence-electron chi connectivity index (χ0n) is 18.6. The Morgan fingerprint density at radius 2 is 1.83 bits per heavy atom. The zero-order chi connectivity index (χ0) is 24.8. The second-order valence-corrected chi connectivity index (χ2v) is 9.12. The summed E-state index contributed by atoms with van der Waals surface area (Å²) in [5.41, 5.74) is 4.63. The highest BCUT2D eigenvalue weighted by molar-refractivity contribution is 7.18. The molecule has 2 aromatic heterocycles. The number of H-pyrrole nitrogens is 1. The molecule has 1 aliphatic rings. The van der Waals surface area contributed by atoms with Crippen LogP contribution in [0.2, 0.25) is 0 Å². The molecule has 5 rings (SSSR count). The minimum absolute atomic E-state index is 0.391. The summed E-state index contributed by atoms with van der Waals surface area (Å²) in [5, 5.41) is 10.6. The lowest BCUT2D eigenvalue weighted by Gasteiger charge is -2.10. The lowest BCUT2D eigenvalue weighted by atomic mass is 10.1. The van der Waals surface area contributed by atoms with Crippen molar-refractivity contribution in [1.82, 2.24) is 15.3 Å². The smallest absolute Gasteiger partial charge is 0.475 e. The van der Waals surface area contributed by atoms with Gasteiger partial charge in [-0.25, -0.2) is 9.78 Å². The van der Waals surface area contributed by atoms with Gasteiger partial charge in [0.2, 0.25) is 0 Å². The van der Waals surface area contributed by atoms with Crippen LogP contribution in [0.1, 0.15) is 18.4 Å². The molecule has 184 valence electrons. The third-order valence-electron chi connectivity index (χ3n) is 5.43. The molecule has 1 saturated heterocycles. The van der Waals surface area contributed by atoms with Crippen molar-refractivity contribution in [3.05, 3.63) is 66.2 Å². The first-order valence-electron chi connectivity index (χ1n) is 11.1. The number of benzene rings is 2. The number of imidazole rings is 1. The first kappa shape index (κ1) is 24.9. The van der Waals surface area contributed by atoms with Crippen molar-refractivity contribution in [1.29, 1.82) is 0 Å². The molecule has 0 aliphatic carbocycles. The van der Waals surface area contributed by atoms with Gasteiger partial charge < -0.3 is 20.1 Å². The molecular formula is C25H24F3N3O3S. The lowest BCUT2D eigenvalue weighted by Crippen LogP contribution is -2.25. The van der Waals surface area contributed by atoms with E-state index in [9.17, 15) is 13.2 Å². The molecule has 35 heavy (non-hydrogen) atoms. The zero-order valence-corrected chi connectivity index (χ0v) is 19.5. The highest BCUT2D eigenvalue weighted by Gasteiger charge is 2.38. The normalized spacial score (nSPS) is 15.7. The van der Waals surface area contributed by atoms with Crippen LogP contribution in [0, 0.1) is 0 Å². The van der Waals surface area contributed by atoms with Crippen LogP contribution in [0.3, 0.4) is 0 Å². The molecule has 3 N–H and O–H groups in total. The van der Waals surface area contributed by atoms with Gasteiger partial charge >= 0.3 is 12.1 Å². The van der Waals surface area contributed by atoms with Crippen molar-refractivity contribution >= 4 is 28.3 Å². The number of ether oxygens (including phenoxy) is 1. The van der Waals surface area contributed by atoms with Gasteiger partial charge in [0.05, 0.1) is 22.0 Å². The molecular weight excluding hydrogens is 479 g/mol. The summed E-state index contributed by atoms with van der Waals surface area (Å²) in [6.45, 7) is 2.74. The Morgan fingerprint density at radius 1 is 1.11 bits per heavy atom. The second-order valence-electron chi connectivity index (χ2n) is 8.03. The van der Waals surface area contributed by atoms with Gasteiger partial charge in [-0.15, -0.1) is 11.3 Å². The van der Waals surface area contributed by atoms with Crippen molar-refractivity contribution in [3.8, 4) is 21.1 Å². The number of carboxylic acids is 1. The Morgan fingerprint density at radius 3 is 2.49 bits per heavy atom. The molecule has 1 fully saturated rings. The van der Waals surface area contributed by atoms with Crippen molar-refractivity contribution in [2.24, 2.45) is 0 Å². The number of rotatable bonds is 6. The van der Waals surface area contributed by atoms with Crippen molar-refractivity contribution in [3.63, 3.8) is 0 Å². The van der Waals surface area contributed by atoms with Gasteiger partial charge in [0.15, 0.2) is 0 Å². The summed E-state index contributed by atoms with van der Waals surface area (Å²) in [6.07, 6.45) is -2.32. The lowest BCUT2D eigenvalue weighted by molar-refractivity contribution is -0.192. The Labute approximate surface area is 203 Å². The number of carbonyl (C=O) groups is 1. The van der Waals surface area contributed by atoms with E-state index in [1.54, 1.807) is 11.3 Å². The standard InChI is InChI=1S/C23H23N3OS.C2HF3O2/c1-2-6-20-19(5-1)25-23(26-20)22-12-11-21(28-22)17-9-7-16(8-10-17)14-24-15-18-4-3-13-27-18;3-2(4,5)1(6)7/h1-2,5-12,18,24H,3-4,13-15H2,(H,25,26);(H,6,7). The number of nitrogens with zero attached hydrogens (tertiary/aromatic N) is 1. The van der Waals surface area contributed by atoms with Crippen LogP contribution in [0.5, 0.6) is 0 Å². The van der Waals surface area contributed by atoms with E-state index in [2.05, 4.69) is 52.8 Å². The molecule has 0 bridgehead atoms. The van der Waals surface area contributed by atoms with Gasteiger partial charge in [-0.05, 0) is 48.2 Å². The van der Waals surface area contributed by atoms with Gasteiger partial charge in [0.1, 0.15) is 5.82 Å². The molecule has 6 nitrogen and oxygen atoms in total. The SMILES string of the molecule is O=C(O)C(F)(F)F.c1ccc2[nH]c(-c3ccc(-c4ccc(CNCC5CCCO5)cc4)s3)nc2c1. The van der Waals surface area contributed by atoms with Crippen LogP contribution in [0.25, 0.3) is 32.2 Å². The number of para-hydroxylation sites is 2. The summed E-state index contributed by atoms with van der Waals surface area (Å²) < 4.78 is 37.4. The van der Waals surface area contributed by atoms with E-state index in [1.807, 2.05) is 18.2 Å². The Hall–Kier alpha value is -3.21. The number of aromatic nitrogens is 2. The van der Waals surface area contributed by atoms with E-state index in [4.69, 9.17) is 19.6 Å². The number of fused-ring (bicyclic) bond motifs is 1. The number of thiophene rings is 1. The molecule has 0 saturated carbocycles. The van der Waals surface area contributed by atoms with Gasteiger partial charge in [-0.3, -0.25) is 0 Å². The number of halogens is 3. The third kappa shape index (κ3) is 6.68. The summed E-state index contributed by atoms with van der Waals surface area (Å²) in [7, 11) is 0. The van der Waals surface area contributed by atoms with Gasteiger partial charge in [-0.1, -0.05) is 36.4 Å². The Bertz CT molecular complexity index is 1230. The second kappa shape index (κ2) is 11.0. The van der Waals surface area contributed by atoms with E-state index < -0.39 is 12.1 Å². The average Bonchev–Trinajstić information content (AvgIpc) is 3.59. The number of alkyl halides is 3. The predicted molar refractivity (Wildman–Crippen MR) is 129 cm³/mol. The summed E-state index contributed by atoms with van der Waals surface area (Å²) >= 11 is 1.77. The number of aromatic amines is 1. The van der Waals surface area contributed by atoms with E-state index >= 15 is 0 Å². The maximum atomic E-state index is 10.6. The summed E-state index contributed by atoms with van der Waals surface area (Å²) in [4.78, 5) is 19.4. The quantitative estimate of drug-likeness (QED) is 0.307. The minimum atomic E-state index is -5.08. The number of hydrogen-bond donors (Lipinski definition) is 3. The molecule has 0 radical (unpaired) electrons. The average molecular weight is 504 g/mol. The van der Waals surface area contributed by atoms with Crippen molar-refractivity contribution < 1.29 is 27.8 Å². The number of nitrogens with one attached hydrogen (secondary N) is 2. The van der Waals surface area contributed by atoms with E-state index in [0.29, 0.717) is 6.10 Å². The summed E-state index contributed by atoms with van der Waals surface area (Å²) in [5.74, 6) is -1.82. The highest BCUT2D eigenvalue weighted by Crippen LogP contribution is 2.34. The van der Waals surface area contributed by atoms with Crippen LogP contribution in [0.15, 0.2) is 60.7 Å². The molecule has 1 aliphatic heterocycles. The fourth-order valence-corrected chi connectivity index (χ4v) is 4.62. The van der Waals surface area contributed by atoms with E-state index in [-0.39, 0.29) is 0 Å². The molecule has 10 heteroatoms. The fraction of sp³-hybridized carbons (Fsp3) is 0.280. The summed E-state index contributed by atoms with van der Waals surface area (Å²) in [6, 6.07) is 21.3. The number of aliphatic carboxylic acids is 1. The van der Waals surface area contributed by atoms with Crippen LogP contribution in [-0.2, 0) is 16.1 Å². The maximum absolute atomic E-state index is 10.6. The molecule has 4 aromatic rings. The molecule has 0 spiro atoms. The van der Waals surface area contributed by atoms with Crippen LogP contribution in [0.4, 0.5) is 13.2 Å². The van der Waals surface area contributed by atoms with Crippen molar-refractivity contribution in [2.45, 2.75) is 31.7 Å². The van der Waals surface area contributed by atoms with Crippen LogP contribution in [-0.4, -0.2) is 46.5 Å². The van der Waals surface area contributed by atoms with Gasteiger partial charge in [-0.2, -0.15) is 13.2 Å². The largest absolute Gasteiger partial charge is 0.490 e. The maximum Gasteiger partial charge on any atom is 0.490 e. The fourth-order valence-electron chi connectivity index (χ4n) is 3.66. The number of hydrogen-bond acceptors (Lipinski definition) is 5. The Balaban J connectivity index is 0.000000364. The Kier molecular flexibility index (Phi) is 7.84. The van der Waals surface area contributed by atoms with Crippen LogP contribution < -0.4 is 5.32 Å². The minimum Gasteiger partial charge on any atom is -0.475 e. The topological polar surface area (TPSA) is 87.2 Å². The first-order valence-corrected chi connectivity index (χ1v) is 11.9. The highest BCUT2D eigenvalue weighted by atomic mass is 32.1. The first-order chi connectivity index (χ1) is 16.8. The van der Waals surface area contributed by atoms with E-state index in [1.165, 1.54) is 28.8 Å².